The van der Waals surface area contributed by atoms with Gasteiger partial charge in [-0.2, -0.15) is 11.8 Å². The van der Waals surface area contributed by atoms with E-state index in [1.807, 2.05) is 23.9 Å². The maximum Gasteiger partial charge on any atom is 0.224 e. The molecular formula is C13H18N2O2S. The number of carbonyl (C=O) groups excluding carboxylic acids is 1. The number of hydrogen-bond donors (Lipinski definition) is 2. The van der Waals surface area contributed by atoms with Crippen molar-refractivity contribution in [3.8, 4) is 5.75 Å². The second kappa shape index (κ2) is 6.54. The molecular weight excluding hydrogens is 248 g/mol. The molecule has 1 unspecified atom stereocenters. The van der Waals surface area contributed by atoms with Gasteiger partial charge >= 0.3 is 0 Å². The van der Waals surface area contributed by atoms with Gasteiger partial charge in [-0.05, 0) is 36.4 Å². The van der Waals surface area contributed by atoms with E-state index in [-0.39, 0.29) is 11.8 Å². The number of thioether (sulfide) groups is 1. The molecule has 0 radical (unpaired) electrons. The van der Waals surface area contributed by atoms with E-state index in [1.165, 1.54) is 0 Å². The Labute approximate surface area is 111 Å². The fraction of sp³-hybridized carbons (Fsp3) is 0.462. The van der Waals surface area contributed by atoms with Gasteiger partial charge in [-0.25, -0.2) is 0 Å². The summed E-state index contributed by atoms with van der Waals surface area (Å²) in [6.07, 6.45) is 0.995. The lowest BCUT2D eigenvalue weighted by Crippen LogP contribution is -2.33. The summed E-state index contributed by atoms with van der Waals surface area (Å²) in [5.74, 6) is 3.16. The molecule has 0 spiro atoms. The average Bonchev–Trinajstić information content (AvgIpc) is 2.90. The number of carbonyl (C=O) groups is 1. The minimum atomic E-state index is 0.154. The Morgan fingerprint density at radius 3 is 2.89 bits per heavy atom. The molecule has 4 nitrogen and oxygen atoms in total. The lowest BCUT2D eigenvalue weighted by atomic mass is 10.1. The molecule has 1 aliphatic rings. The Morgan fingerprint density at radius 2 is 2.22 bits per heavy atom. The topological polar surface area (TPSA) is 64.3 Å². The van der Waals surface area contributed by atoms with Crippen molar-refractivity contribution in [2.75, 3.05) is 30.4 Å². The van der Waals surface area contributed by atoms with Gasteiger partial charge in [0.15, 0.2) is 0 Å². The molecule has 1 atom stereocenters. The Morgan fingerprint density at radius 1 is 1.44 bits per heavy atom. The SMILES string of the molecule is Nc1ccc(OCCNC(=O)C2CCSC2)cc1. The molecule has 0 aromatic heterocycles. The zero-order chi connectivity index (χ0) is 12.8. The third-order valence-electron chi connectivity index (χ3n) is 2.85. The molecule has 98 valence electrons. The van der Waals surface area contributed by atoms with Crippen LogP contribution in [0.3, 0.4) is 0 Å². The van der Waals surface area contributed by atoms with Crippen LogP contribution >= 0.6 is 11.8 Å². The van der Waals surface area contributed by atoms with E-state index in [4.69, 9.17) is 10.5 Å². The third kappa shape index (κ3) is 3.84. The van der Waals surface area contributed by atoms with Crippen molar-refractivity contribution in [1.29, 1.82) is 0 Å². The van der Waals surface area contributed by atoms with Crippen LogP contribution in [0.1, 0.15) is 6.42 Å². The van der Waals surface area contributed by atoms with E-state index in [2.05, 4.69) is 5.32 Å². The number of nitrogens with two attached hydrogens (primary N) is 1. The van der Waals surface area contributed by atoms with E-state index in [9.17, 15) is 4.79 Å². The molecule has 1 aliphatic heterocycles. The first-order valence-electron chi connectivity index (χ1n) is 6.09. The number of amides is 1. The number of anilines is 1. The summed E-state index contributed by atoms with van der Waals surface area (Å²) in [7, 11) is 0. The zero-order valence-electron chi connectivity index (χ0n) is 10.2. The summed E-state index contributed by atoms with van der Waals surface area (Å²) in [5.41, 5.74) is 6.29. The smallest absolute Gasteiger partial charge is 0.224 e. The highest BCUT2D eigenvalue weighted by molar-refractivity contribution is 7.99. The lowest BCUT2D eigenvalue weighted by Gasteiger charge is -2.10. The van der Waals surface area contributed by atoms with Crippen LogP contribution in [0.4, 0.5) is 5.69 Å². The molecule has 2 rings (SSSR count). The molecule has 1 fully saturated rings. The van der Waals surface area contributed by atoms with Crippen LogP contribution in [-0.4, -0.2) is 30.6 Å². The fourth-order valence-corrected chi connectivity index (χ4v) is 3.01. The van der Waals surface area contributed by atoms with E-state index >= 15 is 0 Å². The van der Waals surface area contributed by atoms with Crippen LogP contribution in [-0.2, 0) is 4.79 Å². The van der Waals surface area contributed by atoms with Crippen molar-refractivity contribution in [3.63, 3.8) is 0 Å². The predicted molar refractivity (Wildman–Crippen MR) is 74.8 cm³/mol. The first kappa shape index (κ1) is 13.1. The monoisotopic (exact) mass is 266 g/mol. The molecule has 1 aromatic rings. The number of nitrogens with one attached hydrogen (secondary N) is 1. The van der Waals surface area contributed by atoms with Crippen LogP contribution in [0.25, 0.3) is 0 Å². The van der Waals surface area contributed by atoms with Gasteiger partial charge in [-0.3, -0.25) is 4.79 Å². The van der Waals surface area contributed by atoms with Crippen LogP contribution in [0.2, 0.25) is 0 Å². The average molecular weight is 266 g/mol. The summed E-state index contributed by atoms with van der Waals surface area (Å²) < 4.78 is 5.50. The second-order valence-corrected chi connectivity index (χ2v) is 5.42. The molecule has 0 aliphatic carbocycles. The fourth-order valence-electron chi connectivity index (χ4n) is 1.79. The number of hydrogen-bond acceptors (Lipinski definition) is 4. The van der Waals surface area contributed by atoms with Crippen molar-refractivity contribution in [2.24, 2.45) is 5.92 Å². The van der Waals surface area contributed by atoms with Crippen LogP contribution in [0.15, 0.2) is 24.3 Å². The van der Waals surface area contributed by atoms with Gasteiger partial charge in [0.25, 0.3) is 0 Å². The quantitative estimate of drug-likeness (QED) is 0.626. The van der Waals surface area contributed by atoms with Crippen molar-refractivity contribution >= 4 is 23.4 Å². The van der Waals surface area contributed by atoms with Crippen LogP contribution in [0.5, 0.6) is 5.75 Å². The van der Waals surface area contributed by atoms with Gasteiger partial charge in [0.1, 0.15) is 12.4 Å². The molecule has 3 N–H and O–H groups in total. The molecule has 0 bridgehead atoms. The summed E-state index contributed by atoms with van der Waals surface area (Å²) in [6, 6.07) is 7.24. The maximum absolute atomic E-state index is 11.7. The van der Waals surface area contributed by atoms with Crippen LogP contribution < -0.4 is 15.8 Å². The first-order valence-corrected chi connectivity index (χ1v) is 7.25. The van der Waals surface area contributed by atoms with Crippen molar-refractivity contribution in [2.45, 2.75) is 6.42 Å². The Hall–Kier alpha value is -1.36. The molecule has 5 heteroatoms. The summed E-state index contributed by atoms with van der Waals surface area (Å²) in [6.45, 7) is 1.03. The molecule has 1 aromatic carbocycles. The molecule has 0 saturated carbocycles. The number of benzene rings is 1. The molecule has 1 amide bonds. The van der Waals surface area contributed by atoms with E-state index in [0.717, 1.165) is 29.4 Å². The second-order valence-electron chi connectivity index (χ2n) is 4.27. The van der Waals surface area contributed by atoms with Gasteiger partial charge in [0.2, 0.25) is 5.91 Å². The minimum Gasteiger partial charge on any atom is -0.492 e. The first-order chi connectivity index (χ1) is 8.75. The largest absolute Gasteiger partial charge is 0.492 e. The van der Waals surface area contributed by atoms with Gasteiger partial charge in [0.05, 0.1) is 6.54 Å². The normalized spacial score (nSPS) is 18.6. The van der Waals surface area contributed by atoms with Crippen LogP contribution in [0, 0.1) is 5.92 Å². The number of rotatable bonds is 5. The summed E-state index contributed by atoms with van der Waals surface area (Å²) >= 11 is 1.84. The van der Waals surface area contributed by atoms with E-state index in [1.54, 1.807) is 12.1 Å². The highest BCUT2D eigenvalue weighted by atomic mass is 32.2. The third-order valence-corrected chi connectivity index (χ3v) is 4.01. The number of nitrogen functional groups attached to an aromatic ring is 1. The highest BCUT2D eigenvalue weighted by Gasteiger charge is 2.22. The molecule has 18 heavy (non-hydrogen) atoms. The summed E-state index contributed by atoms with van der Waals surface area (Å²) in [5, 5.41) is 2.90. The van der Waals surface area contributed by atoms with Crippen molar-refractivity contribution in [3.05, 3.63) is 24.3 Å². The highest BCUT2D eigenvalue weighted by Crippen LogP contribution is 2.23. The molecule has 1 saturated heterocycles. The minimum absolute atomic E-state index is 0.154. The van der Waals surface area contributed by atoms with E-state index in [0.29, 0.717) is 13.2 Å². The van der Waals surface area contributed by atoms with Gasteiger partial charge in [0, 0.05) is 17.4 Å². The van der Waals surface area contributed by atoms with Gasteiger partial charge < -0.3 is 15.8 Å². The lowest BCUT2D eigenvalue weighted by molar-refractivity contribution is -0.124. The van der Waals surface area contributed by atoms with Gasteiger partial charge in [-0.15, -0.1) is 0 Å². The summed E-state index contributed by atoms with van der Waals surface area (Å²) in [4.78, 5) is 11.7. The standard InChI is InChI=1S/C13H18N2O2S/c14-11-1-3-12(4-2-11)17-7-6-15-13(16)10-5-8-18-9-10/h1-4,10H,5-9,14H2,(H,15,16). The maximum atomic E-state index is 11.7. The zero-order valence-corrected chi connectivity index (χ0v) is 11.0. The Bertz CT molecular complexity index is 388. The van der Waals surface area contributed by atoms with E-state index < -0.39 is 0 Å². The number of ether oxygens (including phenoxy) is 1. The Kier molecular flexibility index (Phi) is 4.75. The Balaban J connectivity index is 1.63. The predicted octanol–water partition coefficient (Wildman–Crippen LogP) is 1.52. The van der Waals surface area contributed by atoms with Crippen molar-refractivity contribution < 1.29 is 9.53 Å². The van der Waals surface area contributed by atoms with Crippen molar-refractivity contribution in [1.82, 2.24) is 5.32 Å². The molecule has 1 heterocycles. The van der Waals surface area contributed by atoms with Gasteiger partial charge in [-0.1, -0.05) is 0 Å².